The number of anilines is 1. The first-order valence-corrected chi connectivity index (χ1v) is 5.85. The number of hydrogen-bond acceptors (Lipinski definition) is 4. The molecule has 0 spiro atoms. The molecule has 6 nitrogen and oxygen atoms in total. The second-order valence-electron chi connectivity index (χ2n) is 3.84. The third kappa shape index (κ3) is 5.39. The molecule has 0 aliphatic carbocycles. The van der Waals surface area contributed by atoms with Crippen molar-refractivity contribution in [2.24, 2.45) is 0 Å². The van der Waals surface area contributed by atoms with Crippen LogP contribution in [0.25, 0.3) is 0 Å². The minimum Gasteiger partial charge on any atom is -0.482 e. The summed E-state index contributed by atoms with van der Waals surface area (Å²) < 4.78 is 10.0. The average Bonchev–Trinajstić information content (AvgIpc) is 2.36. The molecule has 0 aliphatic heterocycles. The van der Waals surface area contributed by atoms with Crippen LogP contribution in [0.3, 0.4) is 0 Å². The Kier molecular flexibility index (Phi) is 5.81. The highest BCUT2D eigenvalue weighted by Crippen LogP contribution is 2.21. The van der Waals surface area contributed by atoms with Gasteiger partial charge in [0.05, 0.1) is 0 Å². The SMILES string of the molecule is CCOCC(=O)Nc1ccc(OCC(=O)O)cc1C. The van der Waals surface area contributed by atoms with Crippen LogP contribution < -0.4 is 10.1 Å². The lowest BCUT2D eigenvalue weighted by Crippen LogP contribution is -2.18. The largest absolute Gasteiger partial charge is 0.482 e. The van der Waals surface area contributed by atoms with Gasteiger partial charge in [-0.3, -0.25) is 4.79 Å². The van der Waals surface area contributed by atoms with Gasteiger partial charge in [0, 0.05) is 12.3 Å². The number of rotatable bonds is 7. The van der Waals surface area contributed by atoms with E-state index in [-0.39, 0.29) is 12.5 Å². The Bertz CT molecular complexity index is 458. The first-order chi connectivity index (χ1) is 9.02. The summed E-state index contributed by atoms with van der Waals surface area (Å²) in [5.41, 5.74) is 1.43. The minimum atomic E-state index is -1.04. The van der Waals surface area contributed by atoms with Crippen molar-refractivity contribution in [1.29, 1.82) is 0 Å². The van der Waals surface area contributed by atoms with E-state index in [1.165, 1.54) is 0 Å². The van der Waals surface area contributed by atoms with Gasteiger partial charge in [-0.25, -0.2) is 4.79 Å². The van der Waals surface area contributed by atoms with Crippen molar-refractivity contribution in [2.75, 3.05) is 25.1 Å². The van der Waals surface area contributed by atoms with Gasteiger partial charge < -0.3 is 19.9 Å². The van der Waals surface area contributed by atoms with E-state index in [1.54, 1.807) is 25.1 Å². The monoisotopic (exact) mass is 267 g/mol. The summed E-state index contributed by atoms with van der Waals surface area (Å²) in [6.07, 6.45) is 0. The van der Waals surface area contributed by atoms with Gasteiger partial charge in [-0.2, -0.15) is 0 Å². The number of carboxylic acids is 1. The van der Waals surface area contributed by atoms with Gasteiger partial charge in [0.1, 0.15) is 12.4 Å². The second kappa shape index (κ2) is 7.38. The average molecular weight is 267 g/mol. The standard InChI is InChI=1S/C13H17NO5/c1-3-18-7-12(15)14-11-5-4-10(6-9(11)2)19-8-13(16)17/h4-6H,3,7-8H2,1-2H3,(H,14,15)(H,16,17). The summed E-state index contributed by atoms with van der Waals surface area (Å²) in [5.74, 6) is -0.821. The zero-order valence-electron chi connectivity index (χ0n) is 10.9. The van der Waals surface area contributed by atoms with Crippen LogP contribution in [0.1, 0.15) is 12.5 Å². The highest BCUT2D eigenvalue weighted by molar-refractivity contribution is 5.92. The third-order valence-corrected chi connectivity index (χ3v) is 2.27. The van der Waals surface area contributed by atoms with Gasteiger partial charge in [-0.1, -0.05) is 0 Å². The third-order valence-electron chi connectivity index (χ3n) is 2.27. The molecule has 1 aromatic carbocycles. The van der Waals surface area contributed by atoms with E-state index in [0.29, 0.717) is 18.0 Å². The maximum atomic E-state index is 11.5. The molecule has 0 atom stereocenters. The molecular formula is C13H17NO5. The van der Waals surface area contributed by atoms with Crippen molar-refractivity contribution in [1.82, 2.24) is 0 Å². The van der Waals surface area contributed by atoms with E-state index < -0.39 is 12.6 Å². The van der Waals surface area contributed by atoms with Gasteiger partial charge in [0.15, 0.2) is 6.61 Å². The van der Waals surface area contributed by atoms with Gasteiger partial charge in [0.2, 0.25) is 5.91 Å². The van der Waals surface area contributed by atoms with Crippen LogP contribution in [-0.4, -0.2) is 36.8 Å². The number of aryl methyl sites for hydroxylation is 1. The number of benzene rings is 1. The fourth-order valence-electron chi connectivity index (χ4n) is 1.39. The first kappa shape index (κ1) is 15.0. The topological polar surface area (TPSA) is 84.9 Å². The molecule has 0 aliphatic rings. The maximum absolute atomic E-state index is 11.5. The summed E-state index contributed by atoms with van der Waals surface area (Å²) in [4.78, 5) is 21.9. The van der Waals surface area contributed by atoms with E-state index in [1.807, 2.05) is 6.92 Å². The lowest BCUT2D eigenvalue weighted by Gasteiger charge is -2.10. The maximum Gasteiger partial charge on any atom is 0.341 e. The molecule has 0 aromatic heterocycles. The Hall–Kier alpha value is -2.08. The van der Waals surface area contributed by atoms with Gasteiger partial charge in [-0.15, -0.1) is 0 Å². The fourth-order valence-corrected chi connectivity index (χ4v) is 1.39. The zero-order valence-corrected chi connectivity index (χ0v) is 10.9. The molecule has 1 rings (SSSR count). The normalized spacial score (nSPS) is 10.0. The Morgan fingerprint density at radius 3 is 2.63 bits per heavy atom. The van der Waals surface area contributed by atoms with E-state index in [0.717, 1.165) is 5.56 Å². The molecule has 1 aromatic rings. The molecule has 1 amide bonds. The molecule has 0 bridgehead atoms. The molecule has 6 heteroatoms. The van der Waals surface area contributed by atoms with E-state index in [4.69, 9.17) is 14.6 Å². The van der Waals surface area contributed by atoms with E-state index in [2.05, 4.69) is 5.32 Å². The number of ether oxygens (including phenoxy) is 2. The first-order valence-electron chi connectivity index (χ1n) is 5.85. The number of hydrogen-bond donors (Lipinski definition) is 2. The molecule has 0 fully saturated rings. The molecule has 2 N–H and O–H groups in total. The number of carbonyl (C=O) groups excluding carboxylic acids is 1. The van der Waals surface area contributed by atoms with Crippen LogP contribution in [0.15, 0.2) is 18.2 Å². The smallest absolute Gasteiger partial charge is 0.341 e. The Morgan fingerprint density at radius 2 is 2.05 bits per heavy atom. The van der Waals surface area contributed by atoms with Crippen molar-refractivity contribution in [3.63, 3.8) is 0 Å². The number of aliphatic carboxylic acids is 1. The highest BCUT2D eigenvalue weighted by atomic mass is 16.5. The summed E-state index contributed by atoms with van der Waals surface area (Å²) in [7, 11) is 0. The molecule has 104 valence electrons. The van der Waals surface area contributed by atoms with Crippen molar-refractivity contribution >= 4 is 17.6 Å². The minimum absolute atomic E-state index is 0.00715. The fraction of sp³-hybridized carbons (Fsp3) is 0.385. The summed E-state index contributed by atoms with van der Waals surface area (Å²) in [5, 5.41) is 11.2. The molecular weight excluding hydrogens is 250 g/mol. The van der Waals surface area contributed by atoms with Crippen LogP contribution in [-0.2, 0) is 14.3 Å². The number of amides is 1. The highest BCUT2D eigenvalue weighted by Gasteiger charge is 2.06. The summed E-state index contributed by atoms with van der Waals surface area (Å²) in [6, 6.07) is 4.93. The van der Waals surface area contributed by atoms with E-state index in [9.17, 15) is 9.59 Å². The van der Waals surface area contributed by atoms with Crippen LogP contribution in [0.2, 0.25) is 0 Å². The van der Waals surface area contributed by atoms with Gasteiger partial charge in [0.25, 0.3) is 0 Å². The van der Waals surface area contributed by atoms with E-state index >= 15 is 0 Å². The zero-order chi connectivity index (χ0) is 14.3. The predicted molar refractivity (Wildman–Crippen MR) is 69.4 cm³/mol. The molecule has 0 saturated carbocycles. The predicted octanol–water partition coefficient (Wildman–Crippen LogP) is 1.43. The summed E-state index contributed by atoms with van der Waals surface area (Å²) >= 11 is 0. The lowest BCUT2D eigenvalue weighted by atomic mass is 10.2. The molecule has 0 unspecified atom stereocenters. The van der Waals surface area contributed by atoms with Crippen molar-refractivity contribution in [2.45, 2.75) is 13.8 Å². The lowest BCUT2D eigenvalue weighted by molar-refractivity contribution is -0.139. The molecule has 0 heterocycles. The van der Waals surface area contributed by atoms with Crippen LogP contribution in [0, 0.1) is 6.92 Å². The van der Waals surface area contributed by atoms with Crippen molar-refractivity contribution in [3.05, 3.63) is 23.8 Å². The van der Waals surface area contributed by atoms with Gasteiger partial charge in [-0.05, 0) is 37.6 Å². The Morgan fingerprint density at radius 1 is 1.32 bits per heavy atom. The van der Waals surface area contributed by atoms with Crippen LogP contribution in [0.5, 0.6) is 5.75 Å². The molecule has 0 saturated heterocycles. The molecule has 19 heavy (non-hydrogen) atoms. The quantitative estimate of drug-likeness (QED) is 0.780. The van der Waals surface area contributed by atoms with Crippen molar-refractivity contribution in [3.8, 4) is 5.75 Å². The summed E-state index contributed by atoms with van der Waals surface area (Å²) in [6.45, 7) is 3.70. The Balaban J connectivity index is 2.61. The number of carbonyl (C=O) groups is 2. The second-order valence-corrected chi connectivity index (χ2v) is 3.84. The van der Waals surface area contributed by atoms with Gasteiger partial charge >= 0.3 is 5.97 Å². The Labute approximate surface area is 111 Å². The molecule has 0 radical (unpaired) electrons. The number of carboxylic acid groups (broad SMARTS) is 1. The van der Waals surface area contributed by atoms with Crippen LogP contribution in [0.4, 0.5) is 5.69 Å². The van der Waals surface area contributed by atoms with Crippen LogP contribution >= 0.6 is 0 Å². The number of nitrogens with one attached hydrogen (secondary N) is 1. The van der Waals surface area contributed by atoms with Crippen molar-refractivity contribution < 1.29 is 24.2 Å².